The fraction of sp³-hybridized carbons (Fsp3) is 0.417. The molecule has 2 rings (SSSR count). The zero-order valence-corrected chi connectivity index (χ0v) is 8.61. The minimum atomic E-state index is -0.265. The molecule has 0 aliphatic carbocycles. The first-order valence-electron chi connectivity index (χ1n) is 5.34. The fourth-order valence-electron chi connectivity index (χ4n) is 1.69. The Hall–Kier alpha value is -1.35. The molecule has 1 N–H and O–H groups in total. The topological polar surface area (TPSA) is 38.3 Å². The lowest BCUT2D eigenvalue weighted by Crippen LogP contribution is -2.33. The fourth-order valence-corrected chi connectivity index (χ4v) is 1.69. The minimum Gasteiger partial charge on any atom is -0.368 e. The van der Waals surface area contributed by atoms with Crippen molar-refractivity contribution in [2.75, 3.05) is 11.9 Å². The standard InChI is InChI=1S/C12H15NO2/c14-12(11-8-4-5-9-15-11)13-10-6-2-1-3-7-10/h1-3,6-7,11H,4-5,8-9H2,(H,13,14). The number of carbonyl (C=O) groups excluding carboxylic acids is 1. The van der Waals surface area contributed by atoms with Crippen LogP contribution in [0.25, 0.3) is 0 Å². The van der Waals surface area contributed by atoms with Crippen LogP contribution in [0.3, 0.4) is 0 Å². The Morgan fingerprint density at radius 2 is 2.07 bits per heavy atom. The van der Waals surface area contributed by atoms with Crippen molar-refractivity contribution >= 4 is 11.6 Å². The van der Waals surface area contributed by atoms with E-state index in [1.54, 1.807) is 0 Å². The first-order valence-corrected chi connectivity index (χ1v) is 5.34. The van der Waals surface area contributed by atoms with Gasteiger partial charge in [-0.15, -0.1) is 0 Å². The van der Waals surface area contributed by atoms with Crippen molar-refractivity contribution in [2.24, 2.45) is 0 Å². The Morgan fingerprint density at radius 1 is 1.27 bits per heavy atom. The molecule has 1 fully saturated rings. The third kappa shape index (κ3) is 2.80. The normalized spacial score (nSPS) is 20.9. The highest BCUT2D eigenvalue weighted by Gasteiger charge is 2.21. The molecule has 1 saturated heterocycles. The van der Waals surface area contributed by atoms with E-state index in [0.717, 1.165) is 24.9 Å². The molecule has 1 unspecified atom stereocenters. The SMILES string of the molecule is O=C(Nc1ccccc1)C1CCCCO1. The molecule has 1 aromatic rings. The Balaban J connectivity index is 1.91. The van der Waals surface area contributed by atoms with Gasteiger partial charge in [-0.25, -0.2) is 0 Å². The Morgan fingerprint density at radius 3 is 2.73 bits per heavy atom. The predicted molar refractivity (Wildman–Crippen MR) is 58.7 cm³/mol. The predicted octanol–water partition coefficient (Wildman–Crippen LogP) is 2.19. The van der Waals surface area contributed by atoms with Crippen LogP contribution in [-0.4, -0.2) is 18.6 Å². The number of carbonyl (C=O) groups is 1. The summed E-state index contributed by atoms with van der Waals surface area (Å²) in [6.07, 6.45) is 2.71. The number of anilines is 1. The Labute approximate surface area is 89.4 Å². The lowest BCUT2D eigenvalue weighted by molar-refractivity contribution is -0.129. The molecule has 80 valence electrons. The molecular formula is C12H15NO2. The lowest BCUT2D eigenvalue weighted by atomic mass is 10.1. The van der Waals surface area contributed by atoms with Crippen molar-refractivity contribution in [2.45, 2.75) is 25.4 Å². The van der Waals surface area contributed by atoms with Gasteiger partial charge in [-0.3, -0.25) is 4.79 Å². The highest BCUT2D eigenvalue weighted by molar-refractivity contribution is 5.94. The van der Waals surface area contributed by atoms with E-state index in [0.29, 0.717) is 6.61 Å². The maximum Gasteiger partial charge on any atom is 0.253 e. The van der Waals surface area contributed by atoms with E-state index in [4.69, 9.17) is 4.74 Å². The molecule has 0 saturated carbocycles. The van der Waals surface area contributed by atoms with Gasteiger partial charge in [0.2, 0.25) is 0 Å². The van der Waals surface area contributed by atoms with Gasteiger partial charge in [-0.05, 0) is 31.4 Å². The smallest absolute Gasteiger partial charge is 0.253 e. The summed E-state index contributed by atoms with van der Waals surface area (Å²) in [5.41, 5.74) is 0.830. The van der Waals surface area contributed by atoms with Crippen LogP contribution >= 0.6 is 0 Å². The van der Waals surface area contributed by atoms with Gasteiger partial charge in [0, 0.05) is 12.3 Å². The summed E-state index contributed by atoms with van der Waals surface area (Å²) in [5, 5.41) is 2.85. The van der Waals surface area contributed by atoms with Crippen LogP contribution in [0.1, 0.15) is 19.3 Å². The van der Waals surface area contributed by atoms with Crippen LogP contribution in [0.5, 0.6) is 0 Å². The molecular weight excluding hydrogens is 190 g/mol. The van der Waals surface area contributed by atoms with Crippen LogP contribution < -0.4 is 5.32 Å². The van der Waals surface area contributed by atoms with Crippen molar-refractivity contribution in [3.8, 4) is 0 Å². The van der Waals surface area contributed by atoms with E-state index in [9.17, 15) is 4.79 Å². The van der Waals surface area contributed by atoms with Gasteiger partial charge in [0.25, 0.3) is 5.91 Å². The van der Waals surface area contributed by atoms with Gasteiger partial charge >= 0.3 is 0 Å². The van der Waals surface area contributed by atoms with Crippen molar-refractivity contribution in [3.05, 3.63) is 30.3 Å². The summed E-state index contributed by atoms with van der Waals surface area (Å²) in [6.45, 7) is 0.701. The van der Waals surface area contributed by atoms with Gasteiger partial charge < -0.3 is 10.1 Å². The zero-order valence-electron chi connectivity index (χ0n) is 8.61. The van der Waals surface area contributed by atoms with Crippen molar-refractivity contribution < 1.29 is 9.53 Å². The number of para-hydroxylation sites is 1. The van der Waals surface area contributed by atoms with Crippen LogP contribution in [-0.2, 0) is 9.53 Å². The number of ether oxygens (including phenoxy) is 1. The summed E-state index contributed by atoms with van der Waals surface area (Å²) < 4.78 is 5.40. The minimum absolute atomic E-state index is 0.0269. The Bertz CT molecular complexity index is 318. The molecule has 1 amide bonds. The largest absolute Gasteiger partial charge is 0.368 e. The number of amides is 1. The Kier molecular flexibility index (Phi) is 3.35. The second-order valence-corrected chi connectivity index (χ2v) is 3.71. The zero-order chi connectivity index (χ0) is 10.5. The van der Waals surface area contributed by atoms with Crippen LogP contribution in [0, 0.1) is 0 Å². The van der Waals surface area contributed by atoms with Crippen LogP contribution in [0.15, 0.2) is 30.3 Å². The molecule has 1 aliphatic heterocycles. The summed E-state index contributed by atoms with van der Waals surface area (Å²) in [6, 6.07) is 9.48. The molecule has 1 heterocycles. The summed E-state index contributed by atoms with van der Waals surface area (Å²) >= 11 is 0. The average Bonchev–Trinajstić information content (AvgIpc) is 2.31. The molecule has 1 aliphatic rings. The van der Waals surface area contributed by atoms with Gasteiger partial charge in [0.15, 0.2) is 0 Å². The van der Waals surface area contributed by atoms with Crippen molar-refractivity contribution in [3.63, 3.8) is 0 Å². The summed E-state index contributed by atoms with van der Waals surface area (Å²) in [7, 11) is 0. The monoisotopic (exact) mass is 205 g/mol. The van der Waals surface area contributed by atoms with E-state index < -0.39 is 0 Å². The second-order valence-electron chi connectivity index (χ2n) is 3.71. The van der Waals surface area contributed by atoms with E-state index in [1.165, 1.54) is 0 Å². The third-order valence-electron chi connectivity index (χ3n) is 2.51. The maximum atomic E-state index is 11.7. The molecule has 1 aromatic carbocycles. The van der Waals surface area contributed by atoms with Gasteiger partial charge in [0.1, 0.15) is 6.10 Å². The molecule has 0 bridgehead atoms. The molecule has 0 radical (unpaired) electrons. The van der Waals surface area contributed by atoms with E-state index >= 15 is 0 Å². The van der Waals surface area contributed by atoms with Crippen LogP contribution in [0.2, 0.25) is 0 Å². The summed E-state index contributed by atoms with van der Waals surface area (Å²) in [4.78, 5) is 11.7. The third-order valence-corrected chi connectivity index (χ3v) is 2.51. The summed E-state index contributed by atoms with van der Waals surface area (Å²) in [5.74, 6) is -0.0269. The first-order chi connectivity index (χ1) is 7.36. The van der Waals surface area contributed by atoms with E-state index in [1.807, 2.05) is 30.3 Å². The van der Waals surface area contributed by atoms with Gasteiger partial charge in [0.05, 0.1) is 0 Å². The number of hydrogen-bond donors (Lipinski definition) is 1. The molecule has 3 nitrogen and oxygen atoms in total. The number of hydrogen-bond acceptors (Lipinski definition) is 2. The lowest BCUT2D eigenvalue weighted by Gasteiger charge is -2.21. The molecule has 1 atom stereocenters. The van der Waals surface area contributed by atoms with E-state index in [-0.39, 0.29) is 12.0 Å². The molecule has 3 heteroatoms. The molecule has 0 aromatic heterocycles. The molecule has 15 heavy (non-hydrogen) atoms. The second kappa shape index (κ2) is 4.94. The van der Waals surface area contributed by atoms with Crippen molar-refractivity contribution in [1.29, 1.82) is 0 Å². The number of rotatable bonds is 2. The van der Waals surface area contributed by atoms with Gasteiger partial charge in [-0.1, -0.05) is 18.2 Å². The number of nitrogens with one attached hydrogen (secondary N) is 1. The highest BCUT2D eigenvalue weighted by atomic mass is 16.5. The average molecular weight is 205 g/mol. The number of benzene rings is 1. The molecule has 0 spiro atoms. The first kappa shape index (κ1) is 10.2. The van der Waals surface area contributed by atoms with Crippen LogP contribution in [0.4, 0.5) is 5.69 Å². The maximum absolute atomic E-state index is 11.7. The van der Waals surface area contributed by atoms with Gasteiger partial charge in [-0.2, -0.15) is 0 Å². The highest BCUT2D eigenvalue weighted by Crippen LogP contribution is 2.15. The quantitative estimate of drug-likeness (QED) is 0.803. The van der Waals surface area contributed by atoms with E-state index in [2.05, 4.69) is 5.32 Å². The van der Waals surface area contributed by atoms with Crippen molar-refractivity contribution in [1.82, 2.24) is 0 Å².